The molecule has 2 aliphatic rings. The average Bonchev–Trinajstić information content (AvgIpc) is 2.75. The van der Waals surface area contributed by atoms with Crippen molar-refractivity contribution in [1.82, 2.24) is 5.32 Å². The monoisotopic (exact) mass is 182 g/mol. The highest BCUT2D eigenvalue weighted by Gasteiger charge is 2.29. The maximum absolute atomic E-state index is 5.62. The minimum Gasteiger partial charge on any atom is -0.478 e. The molecule has 2 heterocycles. The lowest BCUT2D eigenvalue weighted by Gasteiger charge is -2.07. The van der Waals surface area contributed by atoms with Crippen LogP contribution in [0.2, 0.25) is 0 Å². The van der Waals surface area contributed by atoms with E-state index in [0.29, 0.717) is 17.9 Å². The molecule has 2 atom stereocenters. The van der Waals surface area contributed by atoms with Crippen molar-refractivity contribution in [2.24, 2.45) is 16.8 Å². The second kappa shape index (κ2) is 3.66. The summed E-state index contributed by atoms with van der Waals surface area (Å²) in [5.41, 5.74) is 0. The first-order valence-corrected chi connectivity index (χ1v) is 5.18. The van der Waals surface area contributed by atoms with Crippen LogP contribution in [0.1, 0.15) is 20.3 Å². The highest BCUT2D eigenvalue weighted by atomic mass is 16.5. The summed E-state index contributed by atoms with van der Waals surface area (Å²) < 4.78 is 5.62. The van der Waals surface area contributed by atoms with Gasteiger partial charge in [0.1, 0.15) is 6.61 Å². The molecule has 13 heavy (non-hydrogen) atoms. The van der Waals surface area contributed by atoms with Gasteiger partial charge in [0, 0.05) is 12.5 Å². The quantitative estimate of drug-likeness (QED) is 0.692. The first-order valence-electron chi connectivity index (χ1n) is 5.18. The van der Waals surface area contributed by atoms with E-state index in [0.717, 1.165) is 25.6 Å². The van der Waals surface area contributed by atoms with E-state index in [2.05, 4.69) is 24.2 Å². The molecule has 2 unspecified atom stereocenters. The summed E-state index contributed by atoms with van der Waals surface area (Å²) in [6, 6.07) is 0.399. The number of ether oxygens (including phenoxy) is 1. The molecule has 0 aromatic rings. The molecule has 2 aliphatic heterocycles. The second-order valence-corrected chi connectivity index (χ2v) is 4.28. The Bertz CT molecular complexity index is 207. The number of aliphatic imine (C=N–C) groups is 1. The molecule has 1 saturated heterocycles. The third-order valence-electron chi connectivity index (χ3n) is 2.87. The Balaban J connectivity index is 1.97. The van der Waals surface area contributed by atoms with Gasteiger partial charge in [0.15, 0.2) is 5.90 Å². The lowest BCUT2D eigenvalue weighted by molar-refractivity contribution is 0.278. The van der Waals surface area contributed by atoms with Crippen molar-refractivity contribution < 1.29 is 4.74 Å². The van der Waals surface area contributed by atoms with Crippen LogP contribution in [0, 0.1) is 11.8 Å². The number of nitrogens with one attached hydrogen (secondary N) is 1. The van der Waals surface area contributed by atoms with Gasteiger partial charge >= 0.3 is 0 Å². The molecule has 3 nitrogen and oxygen atoms in total. The zero-order valence-corrected chi connectivity index (χ0v) is 8.42. The predicted octanol–water partition coefficient (Wildman–Crippen LogP) is 1.05. The topological polar surface area (TPSA) is 33.6 Å². The summed E-state index contributed by atoms with van der Waals surface area (Å²) in [6.07, 6.45) is 1.18. The van der Waals surface area contributed by atoms with Gasteiger partial charge in [-0.1, -0.05) is 13.8 Å². The number of nitrogens with zero attached hydrogens (tertiary/aromatic N) is 1. The Hall–Kier alpha value is -0.570. The van der Waals surface area contributed by atoms with Crippen molar-refractivity contribution >= 4 is 5.90 Å². The minimum absolute atomic E-state index is 0.399. The Morgan fingerprint density at radius 3 is 2.92 bits per heavy atom. The molecular formula is C10H18N2O. The molecule has 0 saturated carbocycles. The van der Waals surface area contributed by atoms with E-state index >= 15 is 0 Å². The van der Waals surface area contributed by atoms with Crippen LogP contribution >= 0.6 is 0 Å². The zero-order chi connectivity index (χ0) is 9.26. The largest absolute Gasteiger partial charge is 0.478 e. The molecule has 1 fully saturated rings. The van der Waals surface area contributed by atoms with Crippen molar-refractivity contribution in [3.63, 3.8) is 0 Å². The summed E-state index contributed by atoms with van der Waals surface area (Å²) in [5.74, 6) is 2.15. The van der Waals surface area contributed by atoms with E-state index in [-0.39, 0.29) is 0 Å². The molecule has 0 aromatic heterocycles. The van der Waals surface area contributed by atoms with Gasteiger partial charge in [-0.15, -0.1) is 0 Å². The highest BCUT2D eigenvalue weighted by molar-refractivity contribution is 5.80. The van der Waals surface area contributed by atoms with Crippen LogP contribution < -0.4 is 5.32 Å². The van der Waals surface area contributed by atoms with E-state index < -0.39 is 0 Å². The summed E-state index contributed by atoms with van der Waals surface area (Å²) >= 11 is 0. The molecule has 2 rings (SSSR count). The molecule has 0 radical (unpaired) electrons. The smallest absolute Gasteiger partial charge is 0.188 e. The fourth-order valence-corrected chi connectivity index (χ4v) is 1.84. The van der Waals surface area contributed by atoms with E-state index in [1.54, 1.807) is 0 Å². The predicted molar refractivity (Wildman–Crippen MR) is 53.0 cm³/mol. The highest BCUT2D eigenvalue weighted by Crippen LogP contribution is 2.20. The van der Waals surface area contributed by atoms with Crippen molar-refractivity contribution in [2.45, 2.75) is 26.3 Å². The maximum atomic E-state index is 5.62. The number of hydrogen-bond donors (Lipinski definition) is 1. The molecule has 74 valence electrons. The van der Waals surface area contributed by atoms with Gasteiger partial charge in [-0.2, -0.15) is 0 Å². The first-order chi connectivity index (χ1) is 6.27. The van der Waals surface area contributed by atoms with E-state index in [1.165, 1.54) is 6.42 Å². The van der Waals surface area contributed by atoms with Crippen LogP contribution in [-0.2, 0) is 4.74 Å². The molecule has 3 heteroatoms. The van der Waals surface area contributed by atoms with E-state index in [9.17, 15) is 0 Å². The van der Waals surface area contributed by atoms with Gasteiger partial charge in [0.25, 0.3) is 0 Å². The summed E-state index contributed by atoms with van der Waals surface area (Å²) in [6.45, 7) is 7.35. The fourth-order valence-electron chi connectivity index (χ4n) is 1.84. The third-order valence-corrected chi connectivity index (χ3v) is 2.87. The van der Waals surface area contributed by atoms with Gasteiger partial charge in [-0.25, -0.2) is 4.99 Å². The third kappa shape index (κ3) is 1.85. The van der Waals surface area contributed by atoms with Crippen LogP contribution in [0.3, 0.4) is 0 Å². The van der Waals surface area contributed by atoms with E-state index in [4.69, 9.17) is 4.74 Å². The Morgan fingerprint density at radius 2 is 2.38 bits per heavy atom. The molecule has 0 bridgehead atoms. The molecule has 0 amide bonds. The van der Waals surface area contributed by atoms with Crippen molar-refractivity contribution in [3.05, 3.63) is 0 Å². The van der Waals surface area contributed by atoms with E-state index in [1.807, 2.05) is 0 Å². The molecule has 0 spiro atoms. The average molecular weight is 182 g/mol. The van der Waals surface area contributed by atoms with Crippen LogP contribution in [-0.4, -0.2) is 31.6 Å². The zero-order valence-electron chi connectivity index (χ0n) is 8.42. The standard InChI is InChI=1S/C10H18N2O/c1-7(2)9-6-13-10(12-9)8-3-4-11-5-8/h7-9,11H,3-6H2,1-2H3. The van der Waals surface area contributed by atoms with Crippen molar-refractivity contribution in [3.8, 4) is 0 Å². The number of rotatable bonds is 2. The fraction of sp³-hybridized carbons (Fsp3) is 0.900. The van der Waals surface area contributed by atoms with Crippen LogP contribution in [0.15, 0.2) is 4.99 Å². The molecule has 0 aromatic carbocycles. The van der Waals surface area contributed by atoms with Gasteiger partial charge < -0.3 is 10.1 Å². The molecule has 1 N–H and O–H groups in total. The summed E-state index contributed by atoms with van der Waals surface area (Å²) in [5, 5.41) is 3.33. The Labute approximate surface area is 79.6 Å². The lowest BCUT2D eigenvalue weighted by Crippen LogP contribution is -2.17. The maximum Gasteiger partial charge on any atom is 0.188 e. The van der Waals surface area contributed by atoms with Gasteiger partial charge in [0.05, 0.1) is 6.04 Å². The van der Waals surface area contributed by atoms with Crippen LogP contribution in [0.25, 0.3) is 0 Å². The normalized spacial score (nSPS) is 33.6. The van der Waals surface area contributed by atoms with Gasteiger partial charge in [0.2, 0.25) is 0 Å². The van der Waals surface area contributed by atoms with Crippen molar-refractivity contribution in [2.75, 3.05) is 19.7 Å². The Kier molecular flexibility index (Phi) is 2.54. The van der Waals surface area contributed by atoms with Gasteiger partial charge in [-0.3, -0.25) is 0 Å². The van der Waals surface area contributed by atoms with Crippen LogP contribution in [0.4, 0.5) is 0 Å². The Morgan fingerprint density at radius 1 is 1.54 bits per heavy atom. The minimum atomic E-state index is 0.399. The second-order valence-electron chi connectivity index (χ2n) is 4.28. The molecule has 0 aliphatic carbocycles. The summed E-state index contributed by atoms with van der Waals surface area (Å²) in [7, 11) is 0. The lowest BCUT2D eigenvalue weighted by atomic mass is 10.1. The molecular weight excluding hydrogens is 164 g/mol. The number of hydrogen-bond acceptors (Lipinski definition) is 3. The first kappa shape index (κ1) is 9.00. The van der Waals surface area contributed by atoms with Crippen LogP contribution in [0.5, 0.6) is 0 Å². The van der Waals surface area contributed by atoms with Crippen molar-refractivity contribution in [1.29, 1.82) is 0 Å². The SMILES string of the molecule is CC(C)C1COC(C2CCNC2)=N1. The van der Waals surface area contributed by atoms with Gasteiger partial charge in [-0.05, 0) is 18.9 Å². The summed E-state index contributed by atoms with van der Waals surface area (Å²) in [4.78, 5) is 4.62.